The number of H-pyrrole nitrogens is 1. The molecule has 0 atom stereocenters. The fourth-order valence-corrected chi connectivity index (χ4v) is 4.58. The molecule has 0 bridgehead atoms. The van der Waals surface area contributed by atoms with Crippen molar-refractivity contribution in [2.24, 2.45) is 0 Å². The molecule has 0 spiro atoms. The average molecular weight is 498 g/mol. The highest BCUT2D eigenvalue weighted by Crippen LogP contribution is 2.27. The van der Waals surface area contributed by atoms with Crippen LogP contribution >= 0.6 is 23.2 Å². The van der Waals surface area contributed by atoms with Crippen molar-refractivity contribution < 1.29 is 5.11 Å². The second-order valence-corrected chi connectivity index (χ2v) is 8.84. The minimum absolute atomic E-state index is 0.128. The molecule has 0 saturated carbocycles. The summed E-state index contributed by atoms with van der Waals surface area (Å²) in [5.41, 5.74) is 1.59. The minimum atomic E-state index is -0.590. The van der Waals surface area contributed by atoms with Crippen LogP contribution in [0, 0.1) is 5.41 Å². The maximum Gasteiger partial charge on any atom is 0.333 e. The second kappa shape index (κ2) is 9.09. The van der Waals surface area contributed by atoms with E-state index in [1.165, 1.54) is 6.20 Å². The zero-order chi connectivity index (χ0) is 23.8. The van der Waals surface area contributed by atoms with E-state index >= 15 is 0 Å². The molecule has 2 aromatic carbocycles. The molecule has 2 aromatic heterocycles. The van der Waals surface area contributed by atoms with Crippen molar-refractivity contribution in [1.29, 1.82) is 5.41 Å². The van der Waals surface area contributed by atoms with Gasteiger partial charge in [0.25, 0.3) is 0 Å². The van der Waals surface area contributed by atoms with E-state index in [2.05, 4.69) is 25.2 Å². The van der Waals surface area contributed by atoms with Crippen LogP contribution in [0.15, 0.2) is 53.5 Å². The molecule has 0 radical (unpaired) electrons. The molecule has 9 nitrogen and oxygen atoms in total. The van der Waals surface area contributed by atoms with Crippen LogP contribution in [0.25, 0.3) is 16.7 Å². The number of piperidine rings is 1. The molecule has 4 aromatic rings. The molecular weight excluding hydrogens is 477 g/mol. The number of anilines is 3. The molecule has 5 rings (SSSR count). The van der Waals surface area contributed by atoms with Crippen LogP contribution in [0.4, 0.5) is 17.3 Å². The van der Waals surface area contributed by atoms with E-state index < -0.39 is 5.69 Å². The Hall–Kier alpha value is -3.40. The maximum absolute atomic E-state index is 12.8. The van der Waals surface area contributed by atoms with Crippen molar-refractivity contribution in [3.63, 3.8) is 0 Å². The zero-order valence-corrected chi connectivity index (χ0v) is 19.4. The number of aromatic nitrogens is 4. The van der Waals surface area contributed by atoms with E-state index in [1.54, 1.807) is 18.2 Å². The quantitative estimate of drug-likeness (QED) is 0.341. The van der Waals surface area contributed by atoms with Gasteiger partial charge in [-0.15, -0.1) is 0 Å². The van der Waals surface area contributed by atoms with Crippen LogP contribution in [0.1, 0.15) is 12.8 Å². The van der Waals surface area contributed by atoms with Crippen molar-refractivity contribution in [1.82, 2.24) is 19.5 Å². The third-order valence-corrected chi connectivity index (χ3v) is 6.42. The third-order valence-electron chi connectivity index (χ3n) is 5.81. The van der Waals surface area contributed by atoms with Gasteiger partial charge in [0.15, 0.2) is 5.65 Å². The number of rotatable bonds is 4. The Morgan fingerprint density at radius 1 is 1.09 bits per heavy atom. The lowest BCUT2D eigenvalue weighted by Gasteiger charge is -2.31. The van der Waals surface area contributed by atoms with Crippen LogP contribution in [0.2, 0.25) is 10.0 Å². The number of fused-ring (bicyclic) bond motifs is 1. The number of aliphatic hydroxyl groups excluding tert-OH is 1. The highest BCUT2D eigenvalue weighted by Gasteiger charge is 2.17. The molecule has 174 valence electrons. The van der Waals surface area contributed by atoms with Crippen molar-refractivity contribution in [2.45, 2.75) is 18.9 Å². The molecule has 1 aliphatic rings. The molecule has 0 unspecified atom stereocenters. The first kappa shape index (κ1) is 22.4. The van der Waals surface area contributed by atoms with E-state index in [4.69, 9.17) is 28.6 Å². The summed E-state index contributed by atoms with van der Waals surface area (Å²) in [6.07, 6.45) is 2.79. The van der Waals surface area contributed by atoms with Crippen LogP contribution in [-0.4, -0.2) is 43.8 Å². The van der Waals surface area contributed by atoms with Gasteiger partial charge < -0.3 is 15.3 Å². The van der Waals surface area contributed by atoms with Crippen molar-refractivity contribution in [2.75, 3.05) is 23.3 Å². The topological polar surface area (TPSA) is 123 Å². The lowest BCUT2D eigenvalue weighted by atomic mass is 10.1. The van der Waals surface area contributed by atoms with Crippen molar-refractivity contribution >= 4 is 51.6 Å². The van der Waals surface area contributed by atoms with Crippen molar-refractivity contribution in [3.8, 4) is 5.69 Å². The number of nitrogens with zero attached hydrogens (tertiary/aromatic N) is 4. The zero-order valence-electron chi connectivity index (χ0n) is 17.9. The molecule has 1 saturated heterocycles. The van der Waals surface area contributed by atoms with Gasteiger partial charge in [-0.1, -0.05) is 29.3 Å². The Labute approximate surface area is 204 Å². The summed E-state index contributed by atoms with van der Waals surface area (Å²) >= 11 is 12.5. The van der Waals surface area contributed by atoms with Gasteiger partial charge in [0.1, 0.15) is 5.49 Å². The minimum Gasteiger partial charge on any atom is -0.393 e. The first-order valence-corrected chi connectivity index (χ1v) is 11.5. The fourth-order valence-electron chi connectivity index (χ4n) is 4.01. The predicted octanol–water partition coefficient (Wildman–Crippen LogP) is 3.60. The lowest BCUT2D eigenvalue weighted by Crippen LogP contribution is -2.35. The molecule has 1 aliphatic heterocycles. The summed E-state index contributed by atoms with van der Waals surface area (Å²) in [4.78, 5) is 26.4. The average Bonchev–Trinajstić information content (AvgIpc) is 2.82. The third kappa shape index (κ3) is 4.25. The summed E-state index contributed by atoms with van der Waals surface area (Å²) in [5, 5.41) is 22.2. The van der Waals surface area contributed by atoms with Gasteiger partial charge in [-0.25, -0.2) is 14.3 Å². The Morgan fingerprint density at radius 2 is 1.76 bits per heavy atom. The van der Waals surface area contributed by atoms with Gasteiger partial charge in [-0.05, 0) is 49.2 Å². The summed E-state index contributed by atoms with van der Waals surface area (Å²) in [5.74, 6) is 0.282. The lowest BCUT2D eigenvalue weighted by molar-refractivity contribution is 0.145. The Bertz CT molecular complexity index is 1460. The predicted molar refractivity (Wildman–Crippen MR) is 133 cm³/mol. The first-order valence-electron chi connectivity index (χ1n) is 10.7. The SMILES string of the molecule is N=c1c2cnc(Nc3ccc(N4CCC(O)CC4)cc3)nc2[nH]c(=O)n1-c1c(Cl)cccc1Cl. The number of aliphatic hydroxyl groups is 1. The Balaban J connectivity index is 1.43. The van der Waals surface area contributed by atoms with Crippen molar-refractivity contribution in [3.05, 3.63) is 74.7 Å². The van der Waals surface area contributed by atoms with Gasteiger partial charge in [0.2, 0.25) is 5.95 Å². The number of aromatic amines is 1. The van der Waals surface area contributed by atoms with Crippen LogP contribution in [-0.2, 0) is 0 Å². The number of halogens is 2. The number of benzene rings is 2. The summed E-state index contributed by atoms with van der Waals surface area (Å²) in [7, 11) is 0. The van der Waals surface area contributed by atoms with E-state index in [0.717, 1.165) is 41.9 Å². The maximum atomic E-state index is 12.8. The monoisotopic (exact) mass is 497 g/mol. The molecule has 1 fully saturated rings. The van der Waals surface area contributed by atoms with Gasteiger partial charge >= 0.3 is 5.69 Å². The normalized spacial score (nSPS) is 14.5. The second-order valence-electron chi connectivity index (χ2n) is 8.03. The highest BCUT2D eigenvalue weighted by molar-refractivity contribution is 6.37. The molecule has 11 heteroatoms. The van der Waals surface area contributed by atoms with Gasteiger partial charge in [-0.2, -0.15) is 4.98 Å². The van der Waals surface area contributed by atoms with Gasteiger partial charge in [0, 0.05) is 30.7 Å². The molecule has 4 N–H and O–H groups in total. The first-order chi connectivity index (χ1) is 16.4. The van der Waals surface area contributed by atoms with Gasteiger partial charge in [-0.3, -0.25) is 10.4 Å². The molecule has 0 amide bonds. The van der Waals surface area contributed by atoms with Crippen LogP contribution < -0.4 is 21.4 Å². The number of hydrogen-bond acceptors (Lipinski definition) is 7. The summed E-state index contributed by atoms with van der Waals surface area (Å²) in [6, 6.07) is 12.7. The summed E-state index contributed by atoms with van der Waals surface area (Å²) < 4.78 is 1.10. The number of para-hydroxylation sites is 1. The van der Waals surface area contributed by atoms with E-state index in [0.29, 0.717) is 5.39 Å². The van der Waals surface area contributed by atoms with Crippen LogP contribution in [0.3, 0.4) is 0 Å². The number of hydrogen-bond donors (Lipinski definition) is 4. The largest absolute Gasteiger partial charge is 0.393 e. The standard InChI is InChI=1S/C23H21Cl2N7O2/c24-17-2-1-3-18(25)19(17)32-20(26)16-12-27-22(29-21(16)30-23(32)34)28-13-4-6-14(7-5-13)31-10-8-15(33)9-11-31/h1-7,12,15,26,33H,8-11H2,(H2,27,28,29,30,34). The highest BCUT2D eigenvalue weighted by atomic mass is 35.5. The van der Waals surface area contributed by atoms with Crippen LogP contribution in [0.5, 0.6) is 0 Å². The fraction of sp³-hybridized carbons (Fsp3) is 0.217. The smallest absolute Gasteiger partial charge is 0.333 e. The Kier molecular flexibility index (Phi) is 5.99. The van der Waals surface area contributed by atoms with E-state index in [1.807, 2.05) is 24.3 Å². The Morgan fingerprint density at radius 3 is 2.44 bits per heavy atom. The van der Waals surface area contributed by atoms with E-state index in [9.17, 15) is 9.90 Å². The number of nitrogens with one attached hydrogen (secondary N) is 3. The van der Waals surface area contributed by atoms with Gasteiger partial charge in [0.05, 0.1) is 27.2 Å². The van der Waals surface area contributed by atoms with E-state index in [-0.39, 0.29) is 38.9 Å². The molecule has 34 heavy (non-hydrogen) atoms. The molecular formula is C23H21Cl2N7O2. The summed E-state index contributed by atoms with van der Waals surface area (Å²) in [6.45, 7) is 1.65. The molecule has 0 aliphatic carbocycles. The molecule has 3 heterocycles.